The summed E-state index contributed by atoms with van der Waals surface area (Å²) >= 11 is 4.78. The first-order valence-corrected chi connectivity index (χ1v) is 9.52. The van der Waals surface area contributed by atoms with Crippen molar-refractivity contribution in [2.45, 2.75) is 6.92 Å². The maximum Gasteiger partial charge on any atom is 0.267 e. The van der Waals surface area contributed by atoms with E-state index in [1.54, 1.807) is 18.3 Å². The standard InChI is InChI=1S/C18H14BrN3O3S/c1-10-16(26-18(21-10)12-4-2-3-5-20-12)17(23)22-13-9-15-14(8-11(13)19)24-6-7-25-15/h2-5,8-9H,6-7H2,1H3,(H,22,23). The Morgan fingerprint density at radius 3 is 2.73 bits per heavy atom. The zero-order valence-electron chi connectivity index (χ0n) is 13.8. The minimum atomic E-state index is -0.223. The molecule has 6 nitrogen and oxygen atoms in total. The summed E-state index contributed by atoms with van der Waals surface area (Å²) < 4.78 is 11.8. The third-order valence-corrected chi connectivity index (χ3v) is 5.60. The Bertz CT molecular complexity index is 975. The van der Waals surface area contributed by atoms with Gasteiger partial charge < -0.3 is 14.8 Å². The van der Waals surface area contributed by atoms with E-state index in [9.17, 15) is 4.79 Å². The van der Waals surface area contributed by atoms with E-state index in [1.165, 1.54) is 11.3 Å². The highest BCUT2D eigenvalue weighted by atomic mass is 79.9. The lowest BCUT2D eigenvalue weighted by molar-refractivity contribution is 0.102. The van der Waals surface area contributed by atoms with Crippen LogP contribution < -0.4 is 14.8 Å². The van der Waals surface area contributed by atoms with Crippen LogP contribution in [0, 0.1) is 6.92 Å². The highest BCUT2D eigenvalue weighted by molar-refractivity contribution is 9.10. The summed E-state index contributed by atoms with van der Waals surface area (Å²) in [4.78, 5) is 22.1. The van der Waals surface area contributed by atoms with Crippen LogP contribution in [-0.2, 0) is 0 Å². The predicted molar refractivity (Wildman–Crippen MR) is 103 cm³/mol. The third kappa shape index (κ3) is 3.30. The SMILES string of the molecule is Cc1nc(-c2ccccn2)sc1C(=O)Nc1cc2c(cc1Br)OCCO2. The lowest BCUT2D eigenvalue weighted by Gasteiger charge is -2.20. The molecule has 0 fully saturated rings. The molecule has 2 aromatic heterocycles. The van der Waals surface area contributed by atoms with Crippen LogP contribution in [0.1, 0.15) is 15.4 Å². The smallest absolute Gasteiger partial charge is 0.267 e. The summed E-state index contributed by atoms with van der Waals surface area (Å²) in [5.74, 6) is 1.05. The molecular formula is C18H14BrN3O3S. The normalized spacial score (nSPS) is 12.7. The fourth-order valence-electron chi connectivity index (χ4n) is 2.54. The number of ether oxygens (including phenoxy) is 2. The first kappa shape index (κ1) is 17.0. The first-order chi connectivity index (χ1) is 12.6. The second-order valence-corrected chi connectivity index (χ2v) is 7.43. The van der Waals surface area contributed by atoms with Crippen molar-refractivity contribution in [3.8, 4) is 22.2 Å². The number of thiazole rings is 1. The van der Waals surface area contributed by atoms with Crippen LogP contribution in [0.15, 0.2) is 41.0 Å². The van der Waals surface area contributed by atoms with Gasteiger partial charge in [-0.3, -0.25) is 9.78 Å². The zero-order valence-corrected chi connectivity index (χ0v) is 16.2. The van der Waals surface area contributed by atoms with E-state index in [1.807, 2.05) is 25.1 Å². The van der Waals surface area contributed by atoms with E-state index in [0.717, 1.165) is 15.2 Å². The number of fused-ring (bicyclic) bond motifs is 1. The fourth-order valence-corrected chi connectivity index (χ4v) is 3.90. The molecule has 0 saturated heterocycles. The molecule has 4 rings (SSSR count). The minimum absolute atomic E-state index is 0.223. The van der Waals surface area contributed by atoms with Gasteiger partial charge in [-0.2, -0.15) is 0 Å². The molecule has 0 aliphatic carbocycles. The van der Waals surface area contributed by atoms with Crippen LogP contribution in [0.25, 0.3) is 10.7 Å². The fraction of sp³-hybridized carbons (Fsp3) is 0.167. The number of halogens is 1. The van der Waals surface area contributed by atoms with Gasteiger partial charge in [-0.25, -0.2) is 4.98 Å². The maximum absolute atomic E-state index is 12.7. The minimum Gasteiger partial charge on any atom is -0.486 e. The first-order valence-electron chi connectivity index (χ1n) is 7.91. The summed E-state index contributed by atoms with van der Waals surface area (Å²) in [7, 11) is 0. The summed E-state index contributed by atoms with van der Waals surface area (Å²) in [6.07, 6.45) is 1.71. The van der Waals surface area contributed by atoms with Gasteiger partial charge in [-0.15, -0.1) is 11.3 Å². The van der Waals surface area contributed by atoms with Crippen LogP contribution in [-0.4, -0.2) is 29.1 Å². The van der Waals surface area contributed by atoms with Crippen LogP contribution in [0.2, 0.25) is 0 Å². The number of hydrogen-bond acceptors (Lipinski definition) is 6. The van der Waals surface area contributed by atoms with E-state index < -0.39 is 0 Å². The summed E-state index contributed by atoms with van der Waals surface area (Å²) in [6.45, 7) is 2.82. The number of rotatable bonds is 3. The quantitative estimate of drug-likeness (QED) is 0.668. The van der Waals surface area contributed by atoms with Crippen molar-refractivity contribution in [3.05, 3.63) is 51.6 Å². The van der Waals surface area contributed by atoms with Crippen molar-refractivity contribution in [2.75, 3.05) is 18.5 Å². The predicted octanol–water partition coefficient (Wildman–Crippen LogP) is 4.30. The number of benzene rings is 1. The molecule has 0 spiro atoms. The van der Waals surface area contributed by atoms with E-state index in [-0.39, 0.29) is 5.91 Å². The van der Waals surface area contributed by atoms with Gasteiger partial charge in [0.05, 0.1) is 17.1 Å². The van der Waals surface area contributed by atoms with Crippen molar-refractivity contribution in [1.29, 1.82) is 0 Å². The number of carbonyl (C=O) groups is 1. The number of nitrogens with one attached hydrogen (secondary N) is 1. The van der Waals surface area contributed by atoms with Gasteiger partial charge in [-0.1, -0.05) is 6.07 Å². The Hall–Kier alpha value is -2.45. The number of aryl methyl sites for hydroxylation is 1. The molecule has 1 aliphatic heterocycles. The summed E-state index contributed by atoms with van der Waals surface area (Å²) in [5.41, 5.74) is 2.04. The molecule has 0 unspecified atom stereocenters. The van der Waals surface area contributed by atoms with Gasteiger partial charge in [-0.05, 0) is 35.0 Å². The van der Waals surface area contributed by atoms with Gasteiger partial charge in [0.1, 0.15) is 23.1 Å². The lowest BCUT2D eigenvalue weighted by Crippen LogP contribution is -2.17. The number of aromatic nitrogens is 2. The van der Waals surface area contributed by atoms with Crippen LogP contribution in [0.3, 0.4) is 0 Å². The molecule has 0 saturated carbocycles. The molecule has 0 atom stereocenters. The van der Waals surface area contributed by atoms with Crippen molar-refractivity contribution >= 4 is 38.9 Å². The molecule has 132 valence electrons. The number of carbonyl (C=O) groups excluding carboxylic acids is 1. The highest BCUT2D eigenvalue weighted by Crippen LogP contribution is 2.38. The Morgan fingerprint density at radius 2 is 2.00 bits per heavy atom. The molecule has 1 amide bonds. The number of anilines is 1. The monoisotopic (exact) mass is 431 g/mol. The van der Waals surface area contributed by atoms with E-state index >= 15 is 0 Å². The number of nitrogens with zero attached hydrogens (tertiary/aromatic N) is 2. The van der Waals surface area contributed by atoms with Crippen LogP contribution in [0.4, 0.5) is 5.69 Å². The average Bonchev–Trinajstić information content (AvgIpc) is 3.05. The molecule has 26 heavy (non-hydrogen) atoms. The molecule has 3 aromatic rings. The second-order valence-electron chi connectivity index (χ2n) is 5.58. The van der Waals surface area contributed by atoms with Crippen molar-refractivity contribution < 1.29 is 14.3 Å². The molecule has 1 aliphatic rings. The topological polar surface area (TPSA) is 73.3 Å². The van der Waals surface area contributed by atoms with Crippen molar-refractivity contribution in [1.82, 2.24) is 9.97 Å². The largest absolute Gasteiger partial charge is 0.486 e. The van der Waals surface area contributed by atoms with Gasteiger partial charge >= 0.3 is 0 Å². The van der Waals surface area contributed by atoms with Crippen molar-refractivity contribution in [2.24, 2.45) is 0 Å². The lowest BCUT2D eigenvalue weighted by atomic mass is 10.2. The highest BCUT2D eigenvalue weighted by Gasteiger charge is 2.20. The number of amides is 1. The van der Waals surface area contributed by atoms with E-state index in [4.69, 9.17) is 9.47 Å². The number of pyridine rings is 1. The zero-order chi connectivity index (χ0) is 18.1. The summed E-state index contributed by atoms with van der Waals surface area (Å²) in [6, 6.07) is 9.16. The molecule has 1 N–H and O–H groups in total. The molecule has 0 bridgehead atoms. The maximum atomic E-state index is 12.7. The average molecular weight is 432 g/mol. The Kier molecular flexibility index (Phi) is 4.60. The molecule has 3 heterocycles. The Morgan fingerprint density at radius 1 is 1.23 bits per heavy atom. The van der Waals surface area contributed by atoms with E-state index in [2.05, 4.69) is 31.2 Å². The molecule has 1 aromatic carbocycles. The molecular weight excluding hydrogens is 418 g/mol. The number of hydrogen-bond donors (Lipinski definition) is 1. The van der Waals surface area contributed by atoms with E-state index in [0.29, 0.717) is 41.0 Å². The second kappa shape index (κ2) is 7.05. The van der Waals surface area contributed by atoms with Crippen LogP contribution >= 0.6 is 27.3 Å². The van der Waals surface area contributed by atoms with Crippen molar-refractivity contribution in [3.63, 3.8) is 0 Å². The van der Waals surface area contributed by atoms with Crippen LogP contribution in [0.5, 0.6) is 11.5 Å². The Labute approximate surface area is 162 Å². The summed E-state index contributed by atoms with van der Waals surface area (Å²) in [5, 5.41) is 3.63. The molecule has 0 radical (unpaired) electrons. The molecule has 8 heteroatoms. The Balaban J connectivity index is 1.60. The third-order valence-electron chi connectivity index (χ3n) is 3.77. The van der Waals surface area contributed by atoms with Gasteiger partial charge in [0.15, 0.2) is 11.5 Å². The van der Waals surface area contributed by atoms with Gasteiger partial charge in [0, 0.05) is 22.8 Å². The van der Waals surface area contributed by atoms with Gasteiger partial charge in [0.25, 0.3) is 5.91 Å². The van der Waals surface area contributed by atoms with Gasteiger partial charge in [0.2, 0.25) is 0 Å².